The van der Waals surface area contributed by atoms with Gasteiger partial charge in [-0.1, -0.05) is 6.92 Å². The highest BCUT2D eigenvalue weighted by atomic mass is 32.1. The average Bonchev–Trinajstić information content (AvgIpc) is 2.30. The van der Waals surface area contributed by atoms with Crippen LogP contribution in [0.2, 0.25) is 0 Å². The lowest BCUT2D eigenvalue weighted by Gasteiger charge is -1.87. The predicted octanol–water partition coefficient (Wildman–Crippen LogP) is 2.43. The Hall–Kier alpha value is -0.630. The van der Waals surface area contributed by atoms with Gasteiger partial charge in [0.2, 0.25) is 0 Å². The lowest BCUT2D eigenvalue weighted by atomic mass is 10.2. The van der Waals surface area contributed by atoms with Crippen LogP contribution in [0.15, 0.2) is 6.07 Å². The van der Waals surface area contributed by atoms with E-state index in [0.717, 1.165) is 17.6 Å². The van der Waals surface area contributed by atoms with Gasteiger partial charge >= 0.3 is 0 Å². The smallest absolute Gasteiger partial charge is 0.160 e. The monoisotopic (exact) mass is 154 g/mol. The van der Waals surface area contributed by atoms with Gasteiger partial charge in [-0.2, -0.15) is 0 Å². The van der Waals surface area contributed by atoms with E-state index in [4.69, 9.17) is 0 Å². The maximum absolute atomic E-state index is 10.4. The van der Waals surface area contributed by atoms with Gasteiger partial charge < -0.3 is 0 Å². The van der Waals surface area contributed by atoms with Crippen LogP contribution >= 0.6 is 11.3 Å². The number of aryl methyl sites for hydroxylation is 2. The molecule has 1 nitrogen and oxygen atoms in total. The summed E-state index contributed by atoms with van der Waals surface area (Å²) in [5.74, 6) is 0. The molecular formula is C8H10OS. The third-order valence-electron chi connectivity index (χ3n) is 1.45. The van der Waals surface area contributed by atoms with Crippen LogP contribution in [0, 0.1) is 6.92 Å². The van der Waals surface area contributed by atoms with Crippen molar-refractivity contribution in [2.45, 2.75) is 20.3 Å². The SMILES string of the molecule is CCc1cc(C)sc1C=O. The van der Waals surface area contributed by atoms with Gasteiger partial charge in [-0.05, 0) is 25.0 Å². The molecule has 0 unspecified atom stereocenters. The molecule has 10 heavy (non-hydrogen) atoms. The molecule has 1 rings (SSSR count). The number of hydrogen-bond acceptors (Lipinski definition) is 2. The van der Waals surface area contributed by atoms with Gasteiger partial charge in [-0.15, -0.1) is 11.3 Å². The zero-order chi connectivity index (χ0) is 7.56. The Morgan fingerprint density at radius 1 is 1.70 bits per heavy atom. The Morgan fingerprint density at radius 2 is 2.40 bits per heavy atom. The van der Waals surface area contributed by atoms with Crippen molar-refractivity contribution in [1.29, 1.82) is 0 Å². The van der Waals surface area contributed by atoms with Crippen LogP contribution in [-0.4, -0.2) is 6.29 Å². The molecule has 0 aliphatic carbocycles. The van der Waals surface area contributed by atoms with E-state index in [1.807, 2.05) is 6.92 Å². The van der Waals surface area contributed by atoms with Crippen LogP contribution in [0.25, 0.3) is 0 Å². The number of hydrogen-bond donors (Lipinski definition) is 0. The zero-order valence-electron chi connectivity index (χ0n) is 6.18. The molecule has 0 aliphatic rings. The molecule has 54 valence electrons. The fourth-order valence-corrected chi connectivity index (χ4v) is 1.89. The zero-order valence-corrected chi connectivity index (χ0v) is 6.99. The van der Waals surface area contributed by atoms with E-state index in [2.05, 4.69) is 13.0 Å². The molecule has 0 N–H and O–H groups in total. The van der Waals surface area contributed by atoms with Gasteiger partial charge in [0.15, 0.2) is 6.29 Å². The number of carbonyl (C=O) groups excluding carboxylic acids is 1. The molecule has 1 aromatic rings. The van der Waals surface area contributed by atoms with Crippen molar-refractivity contribution >= 4 is 17.6 Å². The quantitative estimate of drug-likeness (QED) is 0.598. The van der Waals surface area contributed by atoms with Gasteiger partial charge in [-0.25, -0.2) is 0 Å². The van der Waals surface area contributed by atoms with Gasteiger partial charge in [0.1, 0.15) is 0 Å². The highest BCUT2D eigenvalue weighted by Crippen LogP contribution is 2.19. The second-order valence-corrected chi connectivity index (χ2v) is 3.51. The van der Waals surface area contributed by atoms with E-state index < -0.39 is 0 Å². The van der Waals surface area contributed by atoms with E-state index in [1.165, 1.54) is 10.4 Å². The fraction of sp³-hybridized carbons (Fsp3) is 0.375. The van der Waals surface area contributed by atoms with E-state index in [1.54, 1.807) is 11.3 Å². The minimum atomic E-state index is 0.889. The maximum Gasteiger partial charge on any atom is 0.160 e. The van der Waals surface area contributed by atoms with Gasteiger partial charge in [0.05, 0.1) is 4.88 Å². The summed E-state index contributed by atoms with van der Waals surface area (Å²) in [5, 5.41) is 0. The highest BCUT2D eigenvalue weighted by Gasteiger charge is 2.02. The van der Waals surface area contributed by atoms with Crippen molar-refractivity contribution in [3.63, 3.8) is 0 Å². The molecule has 0 radical (unpaired) electrons. The van der Waals surface area contributed by atoms with E-state index >= 15 is 0 Å². The van der Waals surface area contributed by atoms with Crippen LogP contribution in [0.3, 0.4) is 0 Å². The second-order valence-electron chi connectivity index (χ2n) is 2.22. The Balaban J connectivity index is 3.08. The molecule has 0 saturated carbocycles. The molecule has 0 amide bonds. The van der Waals surface area contributed by atoms with Crippen molar-refractivity contribution in [1.82, 2.24) is 0 Å². The largest absolute Gasteiger partial charge is 0.297 e. The summed E-state index contributed by atoms with van der Waals surface area (Å²) in [6.07, 6.45) is 1.90. The molecular weight excluding hydrogens is 144 g/mol. The normalized spacial score (nSPS) is 9.80. The molecule has 0 spiro atoms. The Bertz CT molecular complexity index is 237. The first-order chi connectivity index (χ1) is 4.77. The van der Waals surface area contributed by atoms with Crippen molar-refractivity contribution < 1.29 is 4.79 Å². The van der Waals surface area contributed by atoms with Crippen LogP contribution in [-0.2, 0) is 6.42 Å². The van der Waals surface area contributed by atoms with Crippen molar-refractivity contribution in [3.8, 4) is 0 Å². The van der Waals surface area contributed by atoms with Crippen molar-refractivity contribution in [2.75, 3.05) is 0 Å². The van der Waals surface area contributed by atoms with E-state index in [-0.39, 0.29) is 0 Å². The van der Waals surface area contributed by atoms with Crippen LogP contribution < -0.4 is 0 Å². The predicted molar refractivity (Wildman–Crippen MR) is 43.8 cm³/mol. The molecule has 0 atom stereocenters. The van der Waals surface area contributed by atoms with E-state index in [0.29, 0.717) is 0 Å². The highest BCUT2D eigenvalue weighted by molar-refractivity contribution is 7.13. The molecule has 0 fully saturated rings. The molecule has 2 heteroatoms. The standard InChI is InChI=1S/C8H10OS/c1-3-7-4-6(2)10-8(7)5-9/h4-5H,3H2,1-2H3. The summed E-state index contributed by atoms with van der Waals surface area (Å²) in [7, 11) is 0. The van der Waals surface area contributed by atoms with Gasteiger partial charge in [-0.3, -0.25) is 4.79 Å². The molecule has 0 bridgehead atoms. The summed E-state index contributed by atoms with van der Waals surface area (Å²) >= 11 is 1.57. The molecule has 0 aliphatic heterocycles. The minimum absolute atomic E-state index is 0.889. The van der Waals surface area contributed by atoms with Crippen molar-refractivity contribution in [2.24, 2.45) is 0 Å². The summed E-state index contributed by atoms with van der Waals surface area (Å²) in [5.41, 5.74) is 1.18. The first-order valence-corrected chi connectivity index (χ1v) is 4.14. The first kappa shape index (κ1) is 7.48. The summed E-state index contributed by atoms with van der Waals surface area (Å²) in [6.45, 7) is 4.09. The van der Waals surface area contributed by atoms with Crippen LogP contribution in [0.4, 0.5) is 0 Å². The molecule has 1 aromatic heterocycles. The average molecular weight is 154 g/mol. The summed E-state index contributed by atoms with van der Waals surface area (Å²) < 4.78 is 0. The van der Waals surface area contributed by atoms with Crippen LogP contribution in [0.1, 0.15) is 27.0 Å². The second kappa shape index (κ2) is 2.97. The number of carbonyl (C=O) groups is 1. The maximum atomic E-state index is 10.4. The summed E-state index contributed by atoms with van der Waals surface area (Å²) in [6, 6.07) is 2.08. The lowest BCUT2D eigenvalue weighted by molar-refractivity contribution is 0.112. The van der Waals surface area contributed by atoms with E-state index in [9.17, 15) is 4.79 Å². The number of thiophene rings is 1. The lowest BCUT2D eigenvalue weighted by Crippen LogP contribution is -1.80. The first-order valence-electron chi connectivity index (χ1n) is 3.32. The summed E-state index contributed by atoms with van der Waals surface area (Å²) in [4.78, 5) is 12.5. The Kier molecular flexibility index (Phi) is 2.22. The Morgan fingerprint density at radius 3 is 2.80 bits per heavy atom. The van der Waals surface area contributed by atoms with Crippen molar-refractivity contribution in [3.05, 3.63) is 21.4 Å². The number of aldehydes is 1. The number of rotatable bonds is 2. The molecule has 0 aromatic carbocycles. The van der Waals surface area contributed by atoms with Gasteiger partial charge in [0.25, 0.3) is 0 Å². The third-order valence-corrected chi connectivity index (χ3v) is 2.47. The van der Waals surface area contributed by atoms with Crippen LogP contribution in [0.5, 0.6) is 0 Å². The molecule has 1 heterocycles. The molecule has 0 saturated heterocycles. The minimum Gasteiger partial charge on any atom is -0.297 e. The third kappa shape index (κ3) is 1.27. The van der Waals surface area contributed by atoms with Gasteiger partial charge in [0, 0.05) is 4.88 Å². The Labute approximate surface area is 64.7 Å². The fourth-order valence-electron chi connectivity index (χ4n) is 0.961. The topological polar surface area (TPSA) is 17.1 Å².